The highest BCUT2D eigenvalue weighted by molar-refractivity contribution is 6.34. The van der Waals surface area contributed by atoms with Crippen LogP contribution in [-0.2, 0) is 0 Å². The molecular formula is C19H19ClF2N2O4. The van der Waals surface area contributed by atoms with Crippen molar-refractivity contribution in [2.24, 2.45) is 0 Å². The highest BCUT2D eigenvalue weighted by atomic mass is 35.5. The number of carbonyl (C=O) groups is 2. The van der Waals surface area contributed by atoms with Gasteiger partial charge in [-0.3, -0.25) is 9.59 Å². The molecule has 28 heavy (non-hydrogen) atoms. The van der Waals surface area contributed by atoms with Crippen molar-refractivity contribution in [1.82, 2.24) is 5.32 Å². The lowest BCUT2D eigenvalue weighted by atomic mass is 10.1. The second-order valence-corrected chi connectivity index (χ2v) is 6.43. The van der Waals surface area contributed by atoms with E-state index in [0.717, 1.165) is 6.07 Å². The molecule has 0 aliphatic rings. The van der Waals surface area contributed by atoms with Gasteiger partial charge < -0.3 is 20.1 Å². The van der Waals surface area contributed by atoms with Crippen molar-refractivity contribution in [3.05, 3.63) is 52.5 Å². The summed E-state index contributed by atoms with van der Waals surface area (Å²) in [6.07, 6.45) is 0. The van der Waals surface area contributed by atoms with E-state index in [1.54, 1.807) is 0 Å². The van der Waals surface area contributed by atoms with E-state index in [1.807, 2.05) is 13.8 Å². The van der Waals surface area contributed by atoms with Gasteiger partial charge in [0, 0.05) is 17.2 Å². The van der Waals surface area contributed by atoms with E-state index in [2.05, 4.69) is 15.4 Å². The smallest absolute Gasteiger partial charge is 0.387 e. The third-order valence-corrected chi connectivity index (χ3v) is 3.87. The zero-order valence-corrected chi connectivity index (χ0v) is 16.1. The number of benzene rings is 2. The predicted octanol–water partition coefficient (Wildman–Crippen LogP) is 4.34. The van der Waals surface area contributed by atoms with Gasteiger partial charge in [0.1, 0.15) is 0 Å². The molecule has 2 aromatic rings. The average Bonchev–Trinajstić information content (AvgIpc) is 2.62. The number of rotatable bonds is 7. The first-order valence-corrected chi connectivity index (χ1v) is 8.63. The molecule has 2 rings (SSSR count). The van der Waals surface area contributed by atoms with Crippen molar-refractivity contribution >= 4 is 29.1 Å². The van der Waals surface area contributed by atoms with E-state index in [9.17, 15) is 18.4 Å². The molecular weight excluding hydrogens is 394 g/mol. The van der Waals surface area contributed by atoms with E-state index in [1.165, 1.54) is 37.4 Å². The normalized spacial score (nSPS) is 10.7. The van der Waals surface area contributed by atoms with Crippen molar-refractivity contribution in [3.8, 4) is 11.5 Å². The van der Waals surface area contributed by atoms with Crippen molar-refractivity contribution in [1.29, 1.82) is 0 Å². The van der Waals surface area contributed by atoms with Gasteiger partial charge in [0.05, 0.1) is 17.8 Å². The molecule has 0 saturated heterocycles. The first-order chi connectivity index (χ1) is 13.2. The summed E-state index contributed by atoms with van der Waals surface area (Å²) in [6, 6.07) is 8.22. The number of ether oxygens (including phenoxy) is 2. The number of alkyl halides is 2. The molecule has 0 aliphatic heterocycles. The second-order valence-electron chi connectivity index (χ2n) is 6.02. The van der Waals surface area contributed by atoms with E-state index in [0.29, 0.717) is 5.56 Å². The third-order valence-electron chi connectivity index (χ3n) is 3.54. The molecule has 0 aromatic heterocycles. The fourth-order valence-corrected chi connectivity index (χ4v) is 2.47. The summed E-state index contributed by atoms with van der Waals surface area (Å²) in [7, 11) is 1.29. The molecule has 0 heterocycles. The van der Waals surface area contributed by atoms with E-state index < -0.39 is 12.5 Å². The largest absolute Gasteiger partial charge is 0.493 e. The second kappa shape index (κ2) is 9.36. The molecule has 0 fully saturated rings. The highest BCUT2D eigenvalue weighted by Crippen LogP contribution is 2.30. The molecule has 150 valence electrons. The number of methoxy groups -OCH3 is 1. The van der Waals surface area contributed by atoms with Crippen LogP contribution < -0.4 is 20.1 Å². The molecule has 0 spiro atoms. The van der Waals surface area contributed by atoms with Crippen molar-refractivity contribution < 1.29 is 27.8 Å². The molecule has 0 atom stereocenters. The Bertz CT molecular complexity index is 875. The van der Waals surface area contributed by atoms with Crippen molar-refractivity contribution in [2.75, 3.05) is 12.4 Å². The number of hydrogen-bond donors (Lipinski definition) is 2. The Morgan fingerprint density at radius 1 is 1.00 bits per heavy atom. The van der Waals surface area contributed by atoms with Gasteiger partial charge in [-0.15, -0.1) is 0 Å². The zero-order valence-electron chi connectivity index (χ0n) is 15.4. The molecule has 0 saturated carbocycles. The van der Waals surface area contributed by atoms with Crippen LogP contribution in [0.3, 0.4) is 0 Å². The van der Waals surface area contributed by atoms with Crippen LogP contribution in [0.25, 0.3) is 0 Å². The number of hydrogen-bond acceptors (Lipinski definition) is 4. The van der Waals surface area contributed by atoms with E-state index >= 15 is 0 Å². The molecule has 0 radical (unpaired) electrons. The van der Waals surface area contributed by atoms with Crippen LogP contribution in [0.5, 0.6) is 11.5 Å². The molecule has 0 unspecified atom stereocenters. The average molecular weight is 413 g/mol. The summed E-state index contributed by atoms with van der Waals surface area (Å²) >= 11 is 6.10. The lowest BCUT2D eigenvalue weighted by molar-refractivity contribution is -0.0512. The minimum Gasteiger partial charge on any atom is -0.493 e. The quantitative estimate of drug-likeness (QED) is 0.709. The van der Waals surface area contributed by atoms with Gasteiger partial charge in [-0.25, -0.2) is 0 Å². The zero-order chi connectivity index (χ0) is 20.8. The Kier molecular flexibility index (Phi) is 7.17. The fraction of sp³-hybridized carbons (Fsp3) is 0.263. The summed E-state index contributed by atoms with van der Waals surface area (Å²) in [4.78, 5) is 24.6. The monoisotopic (exact) mass is 412 g/mol. The maximum Gasteiger partial charge on any atom is 0.387 e. The molecule has 2 N–H and O–H groups in total. The maximum atomic E-state index is 12.5. The molecule has 6 nitrogen and oxygen atoms in total. The van der Waals surface area contributed by atoms with Crippen molar-refractivity contribution in [2.45, 2.75) is 26.5 Å². The lowest BCUT2D eigenvalue weighted by Gasteiger charge is -2.13. The summed E-state index contributed by atoms with van der Waals surface area (Å²) < 4.78 is 34.4. The maximum absolute atomic E-state index is 12.5. The molecule has 9 heteroatoms. The summed E-state index contributed by atoms with van der Waals surface area (Å²) in [6.45, 7) is 0.566. The summed E-state index contributed by atoms with van der Waals surface area (Å²) in [5, 5.41) is 5.51. The van der Waals surface area contributed by atoms with Crippen LogP contribution in [0.4, 0.5) is 14.5 Å². The first-order valence-electron chi connectivity index (χ1n) is 8.26. The van der Waals surface area contributed by atoms with Crippen LogP contribution in [0.2, 0.25) is 5.02 Å². The van der Waals surface area contributed by atoms with Gasteiger partial charge in [0.25, 0.3) is 11.8 Å². The Hall–Kier alpha value is -2.87. The van der Waals surface area contributed by atoms with Crippen molar-refractivity contribution in [3.63, 3.8) is 0 Å². The first kappa shape index (κ1) is 21.4. The molecule has 2 amide bonds. The molecule has 0 aliphatic carbocycles. The van der Waals surface area contributed by atoms with Crippen LogP contribution in [-0.4, -0.2) is 31.6 Å². The van der Waals surface area contributed by atoms with Gasteiger partial charge >= 0.3 is 6.61 Å². The standard InChI is InChI=1S/C19H19ClF2N2O4/c1-10(2)23-17(25)11-4-6-13(20)14(8-11)24-18(26)12-5-7-15(27-3)16(9-12)28-19(21)22/h4-10,19H,1-3H3,(H,23,25)(H,24,26). The van der Waals surface area contributed by atoms with Gasteiger partial charge in [-0.2, -0.15) is 8.78 Å². The molecule has 2 aromatic carbocycles. The number of nitrogens with one attached hydrogen (secondary N) is 2. The Morgan fingerprint density at radius 2 is 1.64 bits per heavy atom. The minimum absolute atomic E-state index is 0.0459. The number of amides is 2. The predicted molar refractivity (Wildman–Crippen MR) is 102 cm³/mol. The summed E-state index contributed by atoms with van der Waals surface area (Å²) in [5.74, 6) is -1.16. The van der Waals surface area contributed by atoms with Crippen LogP contribution >= 0.6 is 11.6 Å². The van der Waals surface area contributed by atoms with E-state index in [4.69, 9.17) is 16.3 Å². The third kappa shape index (κ3) is 5.56. The SMILES string of the molecule is COc1ccc(C(=O)Nc2cc(C(=O)NC(C)C)ccc2Cl)cc1OC(F)F. The Balaban J connectivity index is 2.26. The van der Waals surface area contributed by atoms with Crippen LogP contribution in [0, 0.1) is 0 Å². The fourth-order valence-electron chi connectivity index (χ4n) is 2.31. The lowest BCUT2D eigenvalue weighted by Crippen LogP contribution is -2.30. The van der Waals surface area contributed by atoms with Gasteiger partial charge in [-0.1, -0.05) is 11.6 Å². The Morgan fingerprint density at radius 3 is 2.25 bits per heavy atom. The van der Waals surface area contributed by atoms with Crippen LogP contribution in [0.15, 0.2) is 36.4 Å². The minimum atomic E-state index is -3.07. The van der Waals surface area contributed by atoms with Gasteiger partial charge in [-0.05, 0) is 50.2 Å². The van der Waals surface area contributed by atoms with Crippen LogP contribution in [0.1, 0.15) is 34.6 Å². The van der Waals surface area contributed by atoms with Gasteiger partial charge in [0.2, 0.25) is 0 Å². The van der Waals surface area contributed by atoms with E-state index in [-0.39, 0.29) is 39.7 Å². The Labute approximate surface area is 165 Å². The number of carbonyl (C=O) groups excluding carboxylic acids is 2. The number of halogens is 3. The van der Waals surface area contributed by atoms with Gasteiger partial charge in [0.15, 0.2) is 11.5 Å². The topological polar surface area (TPSA) is 76.7 Å². The molecule has 0 bridgehead atoms. The summed E-state index contributed by atoms with van der Waals surface area (Å²) in [5.41, 5.74) is 0.560. The highest BCUT2D eigenvalue weighted by Gasteiger charge is 2.16. The number of anilines is 1.